The highest BCUT2D eigenvalue weighted by atomic mass is 35.5. The molecule has 0 amide bonds. The molecule has 17 heavy (non-hydrogen) atoms. The van der Waals surface area contributed by atoms with Gasteiger partial charge in [0.2, 0.25) is 0 Å². The summed E-state index contributed by atoms with van der Waals surface area (Å²) < 4.78 is 13.1. The van der Waals surface area contributed by atoms with E-state index >= 15 is 0 Å². The van der Waals surface area contributed by atoms with E-state index < -0.39 is 0 Å². The molecule has 94 valence electrons. The smallest absolute Gasteiger partial charge is 0.123 e. The van der Waals surface area contributed by atoms with E-state index in [-0.39, 0.29) is 11.4 Å². The lowest BCUT2D eigenvalue weighted by molar-refractivity contribution is 0.256. The first-order valence-electron chi connectivity index (χ1n) is 6.30. The Morgan fingerprint density at radius 3 is 2.65 bits per heavy atom. The summed E-state index contributed by atoms with van der Waals surface area (Å²) in [6.45, 7) is 0.699. The molecule has 1 saturated carbocycles. The van der Waals surface area contributed by atoms with Gasteiger partial charge in [0.25, 0.3) is 0 Å². The Morgan fingerprint density at radius 1 is 1.24 bits per heavy atom. The van der Waals surface area contributed by atoms with Gasteiger partial charge in [-0.05, 0) is 30.5 Å². The standard InChI is InChI=1S/C14H19ClFN/c15-11-14(7-2-1-3-8-14)17-10-12-5-4-6-13(16)9-12/h4-6,9,17H,1-3,7-8,10-11H2. The third-order valence-electron chi connectivity index (χ3n) is 3.62. The highest BCUT2D eigenvalue weighted by Crippen LogP contribution is 2.29. The monoisotopic (exact) mass is 255 g/mol. The number of hydrogen-bond acceptors (Lipinski definition) is 1. The van der Waals surface area contributed by atoms with E-state index in [0.717, 1.165) is 18.4 Å². The fraction of sp³-hybridized carbons (Fsp3) is 0.571. The van der Waals surface area contributed by atoms with Gasteiger partial charge >= 0.3 is 0 Å². The van der Waals surface area contributed by atoms with Gasteiger partial charge < -0.3 is 5.32 Å². The van der Waals surface area contributed by atoms with Crippen LogP contribution in [0.1, 0.15) is 37.7 Å². The second kappa shape index (κ2) is 5.83. The summed E-state index contributed by atoms with van der Waals surface area (Å²) in [7, 11) is 0. The molecule has 3 heteroatoms. The van der Waals surface area contributed by atoms with Gasteiger partial charge in [0.15, 0.2) is 0 Å². The summed E-state index contributed by atoms with van der Waals surface area (Å²) in [4.78, 5) is 0. The Labute approximate surface area is 107 Å². The van der Waals surface area contributed by atoms with Crippen molar-refractivity contribution >= 4 is 11.6 Å². The summed E-state index contributed by atoms with van der Waals surface area (Å²) in [6, 6.07) is 6.75. The lowest BCUT2D eigenvalue weighted by Crippen LogP contribution is -2.48. The van der Waals surface area contributed by atoms with Crippen LogP contribution >= 0.6 is 11.6 Å². The minimum absolute atomic E-state index is 0.0616. The molecular formula is C14H19ClFN. The van der Waals surface area contributed by atoms with Gasteiger partial charge in [-0.1, -0.05) is 31.4 Å². The zero-order valence-corrected chi connectivity index (χ0v) is 10.8. The third-order valence-corrected chi connectivity index (χ3v) is 4.13. The predicted molar refractivity (Wildman–Crippen MR) is 69.8 cm³/mol. The first kappa shape index (κ1) is 12.8. The van der Waals surface area contributed by atoms with Crippen LogP contribution < -0.4 is 5.32 Å². The number of benzene rings is 1. The Bertz CT molecular complexity index is 361. The second-order valence-corrected chi connectivity index (χ2v) is 5.23. The van der Waals surface area contributed by atoms with Crippen molar-refractivity contribution in [3.05, 3.63) is 35.6 Å². The minimum Gasteiger partial charge on any atom is -0.306 e. The molecule has 0 saturated heterocycles. The highest BCUT2D eigenvalue weighted by molar-refractivity contribution is 6.18. The molecule has 0 radical (unpaired) electrons. The maximum atomic E-state index is 13.1. The zero-order valence-electron chi connectivity index (χ0n) is 10.0. The Balaban J connectivity index is 1.95. The van der Waals surface area contributed by atoms with Crippen LogP contribution in [-0.2, 0) is 6.54 Å². The average Bonchev–Trinajstić information content (AvgIpc) is 2.38. The molecule has 1 aliphatic carbocycles. The summed E-state index contributed by atoms with van der Waals surface area (Å²) in [5.74, 6) is 0.468. The largest absolute Gasteiger partial charge is 0.306 e. The van der Waals surface area contributed by atoms with Crippen LogP contribution in [0.3, 0.4) is 0 Å². The molecule has 0 spiro atoms. The number of alkyl halides is 1. The molecule has 0 unspecified atom stereocenters. The molecule has 1 nitrogen and oxygen atoms in total. The van der Waals surface area contributed by atoms with E-state index in [9.17, 15) is 4.39 Å². The lowest BCUT2D eigenvalue weighted by Gasteiger charge is -2.36. The molecule has 0 aromatic heterocycles. The normalized spacial score (nSPS) is 19.2. The van der Waals surface area contributed by atoms with Gasteiger partial charge in [0, 0.05) is 18.0 Å². The summed E-state index contributed by atoms with van der Waals surface area (Å²) in [5.41, 5.74) is 1.05. The van der Waals surface area contributed by atoms with E-state index in [2.05, 4.69) is 5.32 Å². The minimum atomic E-state index is -0.173. The zero-order chi connectivity index (χ0) is 12.1. The van der Waals surface area contributed by atoms with Crippen LogP contribution in [0.5, 0.6) is 0 Å². The molecule has 1 N–H and O–H groups in total. The number of nitrogens with one attached hydrogen (secondary N) is 1. The molecule has 1 aromatic rings. The van der Waals surface area contributed by atoms with E-state index in [1.807, 2.05) is 6.07 Å². The Morgan fingerprint density at radius 2 is 2.00 bits per heavy atom. The number of hydrogen-bond donors (Lipinski definition) is 1. The molecule has 0 heterocycles. The van der Waals surface area contributed by atoms with Crippen LogP contribution in [0.25, 0.3) is 0 Å². The summed E-state index contributed by atoms with van der Waals surface area (Å²) in [6.07, 6.45) is 6.05. The molecule has 1 fully saturated rings. The van der Waals surface area contributed by atoms with Crippen LogP contribution in [0.4, 0.5) is 4.39 Å². The molecule has 1 aromatic carbocycles. The third kappa shape index (κ3) is 3.43. The summed E-state index contributed by atoms with van der Waals surface area (Å²) >= 11 is 6.10. The lowest BCUT2D eigenvalue weighted by atomic mass is 9.83. The van der Waals surface area contributed by atoms with Crippen molar-refractivity contribution in [1.29, 1.82) is 0 Å². The van der Waals surface area contributed by atoms with Crippen molar-refractivity contribution in [2.75, 3.05) is 5.88 Å². The van der Waals surface area contributed by atoms with E-state index in [0.29, 0.717) is 12.4 Å². The van der Waals surface area contributed by atoms with Crippen molar-refractivity contribution in [2.24, 2.45) is 0 Å². The summed E-state index contributed by atoms with van der Waals surface area (Å²) in [5, 5.41) is 3.53. The first-order chi connectivity index (χ1) is 8.24. The van der Waals surface area contributed by atoms with Gasteiger partial charge in [-0.2, -0.15) is 0 Å². The van der Waals surface area contributed by atoms with Crippen molar-refractivity contribution in [2.45, 2.75) is 44.2 Å². The van der Waals surface area contributed by atoms with E-state index in [1.165, 1.54) is 25.3 Å². The quantitative estimate of drug-likeness (QED) is 0.806. The SMILES string of the molecule is Fc1cccc(CNC2(CCl)CCCCC2)c1. The molecule has 0 bridgehead atoms. The van der Waals surface area contributed by atoms with Crippen molar-refractivity contribution in [1.82, 2.24) is 5.32 Å². The van der Waals surface area contributed by atoms with Crippen LogP contribution in [0, 0.1) is 5.82 Å². The highest BCUT2D eigenvalue weighted by Gasteiger charge is 2.30. The molecule has 2 rings (SSSR count). The second-order valence-electron chi connectivity index (χ2n) is 4.96. The topological polar surface area (TPSA) is 12.0 Å². The van der Waals surface area contributed by atoms with E-state index in [1.54, 1.807) is 12.1 Å². The number of halogens is 2. The maximum Gasteiger partial charge on any atom is 0.123 e. The fourth-order valence-corrected chi connectivity index (χ4v) is 2.88. The van der Waals surface area contributed by atoms with Gasteiger partial charge in [-0.25, -0.2) is 4.39 Å². The van der Waals surface area contributed by atoms with Gasteiger partial charge in [0.1, 0.15) is 5.82 Å². The van der Waals surface area contributed by atoms with Crippen molar-refractivity contribution < 1.29 is 4.39 Å². The molecule has 0 atom stereocenters. The van der Waals surface area contributed by atoms with Crippen molar-refractivity contribution in [3.8, 4) is 0 Å². The predicted octanol–water partition coefficient (Wildman–Crippen LogP) is 3.86. The fourth-order valence-electron chi connectivity index (χ4n) is 2.52. The molecule has 0 aliphatic heterocycles. The maximum absolute atomic E-state index is 13.1. The average molecular weight is 256 g/mol. The first-order valence-corrected chi connectivity index (χ1v) is 6.83. The number of rotatable bonds is 4. The van der Waals surface area contributed by atoms with Crippen molar-refractivity contribution in [3.63, 3.8) is 0 Å². The Kier molecular flexibility index (Phi) is 4.41. The van der Waals surface area contributed by atoms with Gasteiger partial charge in [0.05, 0.1) is 0 Å². The Hall–Kier alpha value is -0.600. The molecular weight excluding hydrogens is 237 g/mol. The van der Waals surface area contributed by atoms with Crippen LogP contribution in [0.15, 0.2) is 24.3 Å². The molecule has 1 aliphatic rings. The van der Waals surface area contributed by atoms with E-state index in [4.69, 9.17) is 11.6 Å². The van der Waals surface area contributed by atoms with Crippen LogP contribution in [-0.4, -0.2) is 11.4 Å². The van der Waals surface area contributed by atoms with Crippen LogP contribution in [0.2, 0.25) is 0 Å². The van der Waals surface area contributed by atoms with Gasteiger partial charge in [-0.3, -0.25) is 0 Å². The van der Waals surface area contributed by atoms with Gasteiger partial charge in [-0.15, -0.1) is 11.6 Å².